The van der Waals surface area contributed by atoms with E-state index in [-0.39, 0.29) is 22.8 Å². The molecule has 0 spiro atoms. The molecule has 1 aliphatic carbocycles. The van der Waals surface area contributed by atoms with Gasteiger partial charge in [0, 0.05) is 18.4 Å². The maximum Gasteiger partial charge on any atom is 0.264 e. The quantitative estimate of drug-likeness (QED) is 0.649. The average Bonchev–Trinajstić information content (AvgIpc) is 3.31. The second-order valence-electron chi connectivity index (χ2n) is 7.30. The van der Waals surface area contributed by atoms with Crippen LogP contribution in [0.3, 0.4) is 0 Å². The molecule has 2 amide bonds. The molecule has 2 heterocycles. The summed E-state index contributed by atoms with van der Waals surface area (Å²) in [7, 11) is 0. The summed E-state index contributed by atoms with van der Waals surface area (Å²) < 4.78 is 27.5. The van der Waals surface area contributed by atoms with Gasteiger partial charge in [0.2, 0.25) is 5.91 Å². The lowest BCUT2D eigenvalue weighted by Gasteiger charge is -2.18. The van der Waals surface area contributed by atoms with Gasteiger partial charge in [-0.1, -0.05) is 19.3 Å². The first-order valence-corrected chi connectivity index (χ1v) is 11.6. The van der Waals surface area contributed by atoms with Crippen LogP contribution in [-0.4, -0.2) is 28.0 Å². The van der Waals surface area contributed by atoms with Crippen LogP contribution in [0.1, 0.15) is 44.7 Å². The van der Waals surface area contributed by atoms with Gasteiger partial charge in [-0.15, -0.1) is 11.3 Å². The van der Waals surface area contributed by atoms with Crippen molar-refractivity contribution in [1.29, 1.82) is 0 Å². The van der Waals surface area contributed by atoms with Crippen LogP contribution in [0.2, 0.25) is 0 Å². The molecule has 4 rings (SSSR count). The molecule has 1 aromatic carbocycles. The van der Waals surface area contributed by atoms with Gasteiger partial charge in [0.25, 0.3) is 5.91 Å². The summed E-state index contributed by atoms with van der Waals surface area (Å²) in [5, 5.41) is 5.28. The molecular formula is C21H20F2N4O2S2. The molecule has 1 N–H and O–H groups in total. The topological polar surface area (TPSA) is 74.7 Å². The number of nitrogens with zero attached hydrogens (tertiary/aromatic N) is 3. The van der Waals surface area contributed by atoms with Crippen molar-refractivity contribution in [3.8, 4) is 0 Å². The van der Waals surface area contributed by atoms with E-state index in [0.717, 1.165) is 48.0 Å². The number of aliphatic imine (C=N–C) groups is 1. The first-order chi connectivity index (χ1) is 14.9. The number of carbonyl (C=O) groups excluding carboxylic acids is 2. The Bertz CT molecular complexity index is 1080. The van der Waals surface area contributed by atoms with Crippen molar-refractivity contribution in [3.63, 3.8) is 0 Å². The molecule has 2 fully saturated rings. The lowest BCUT2D eigenvalue weighted by Crippen LogP contribution is -2.23. The number of rotatable bonds is 4. The monoisotopic (exact) mass is 462 g/mol. The highest BCUT2D eigenvalue weighted by Gasteiger charge is 2.26. The number of thiazole rings is 1. The van der Waals surface area contributed by atoms with Crippen LogP contribution in [0.25, 0.3) is 6.08 Å². The Morgan fingerprint density at radius 3 is 2.77 bits per heavy atom. The molecule has 10 heteroatoms. The Kier molecular flexibility index (Phi) is 6.47. The van der Waals surface area contributed by atoms with E-state index >= 15 is 0 Å². The number of amidine groups is 1. The molecule has 162 valence electrons. The molecule has 1 aliphatic heterocycles. The van der Waals surface area contributed by atoms with Crippen molar-refractivity contribution in [2.45, 2.75) is 45.1 Å². The molecule has 2 aliphatic rings. The third-order valence-electron chi connectivity index (χ3n) is 4.97. The Hall–Kier alpha value is -2.59. The molecule has 6 nitrogen and oxygen atoms in total. The summed E-state index contributed by atoms with van der Waals surface area (Å²) in [6.45, 7) is 1.27. The van der Waals surface area contributed by atoms with Gasteiger partial charge < -0.3 is 5.32 Å². The summed E-state index contributed by atoms with van der Waals surface area (Å²) in [4.78, 5) is 35.0. The van der Waals surface area contributed by atoms with E-state index in [1.165, 1.54) is 31.2 Å². The molecule has 0 bridgehead atoms. The van der Waals surface area contributed by atoms with E-state index < -0.39 is 17.5 Å². The van der Waals surface area contributed by atoms with Gasteiger partial charge in [-0.05, 0) is 42.8 Å². The highest BCUT2D eigenvalue weighted by molar-refractivity contribution is 8.18. The highest BCUT2D eigenvalue weighted by Crippen LogP contribution is 2.33. The van der Waals surface area contributed by atoms with Crippen LogP contribution in [0, 0.1) is 11.6 Å². The summed E-state index contributed by atoms with van der Waals surface area (Å²) in [5.74, 6) is -2.31. The fourth-order valence-electron chi connectivity index (χ4n) is 3.51. The number of thioether (sulfide) groups is 1. The Balaban J connectivity index is 1.55. The van der Waals surface area contributed by atoms with Crippen molar-refractivity contribution in [2.75, 3.05) is 4.90 Å². The van der Waals surface area contributed by atoms with Gasteiger partial charge in [-0.25, -0.2) is 13.8 Å². The fourth-order valence-corrected chi connectivity index (χ4v) is 5.23. The molecule has 31 heavy (non-hydrogen) atoms. The molecule has 1 saturated carbocycles. The summed E-state index contributed by atoms with van der Waals surface area (Å²) >= 11 is 2.39. The Morgan fingerprint density at radius 1 is 1.29 bits per heavy atom. The summed E-state index contributed by atoms with van der Waals surface area (Å²) in [6.07, 6.45) is 7.24. The van der Waals surface area contributed by atoms with Gasteiger partial charge >= 0.3 is 0 Å². The van der Waals surface area contributed by atoms with Crippen molar-refractivity contribution in [3.05, 3.63) is 45.8 Å². The maximum atomic E-state index is 14.2. The van der Waals surface area contributed by atoms with E-state index in [1.54, 1.807) is 11.5 Å². The molecule has 0 atom stereocenters. The standard InChI is InChI=1S/C21H20F2N4O2S2/c1-12(28)27(17-8-7-13(22)9-16(17)23)21-25-15(11-30-21)10-18-19(29)26-20(31-18)24-14-5-3-2-4-6-14/h7-11,14H,2-6H2,1H3,(H,24,26,29)/b18-10-. The van der Waals surface area contributed by atoms with Crippen molar-refractivity contribution < 1.29 is 18.4 Å². The first-order valence-electron chi connectivity index (χ1n) is 9.90. The molecule has 0 unspecified atom stereocenters. The minimum atomic E-state index is -0.861. The van der Waals surface area contributed by atoms with Crippen LogP contribution in [-0.2, 0) is 9.59 Å². The van der Waals surface area contributed by atoms with E-state index in [2.05, 4.69) is 15.3 Å². The zero-order valence-electron chi connectivity index (χ0n) is 16.7. The molecule has 0 radical (unpaired) electrons. The molecule has 2 aromatic rings. The van der Waals surface area contributed by atoms with Gasteiger partial charge in [-0.2, -0.15) is 0 Å². The van der Waals surface area contributed by atoms with Crippen LogP contribution < -0.4 is 10.2 Å². The number of hydrogen-bond acceptors (Lipinski definition) is 6. The fraction of sp³-hybridized carbons (Fsp3) is 0.333. The lowest BCUT2D eigenvalue weighted by atomic mass is 9.96. The zero-order chi connectivity index (χ0) is 22.0. The largest absolute Gasteiger partial charge is 0.301 e. The van der Waals surface area contributed by atoms with E-state index in [4.69, 9.17) is 0 Å². The van der Waals surface area contributed by atoms with E-state index in [9.17, 15) is 18.4 Å². The van der Waals surface area contributed by atoms with E-state index in [1.807, 2.05) is 0 Å². The minimum absolute atomic E-state index is 0.0858. The van der Waals surface area contributed by atoms with Gasteiger partial charge in [0.05, 0.1) is 22.3 Å². The number of carbonyl (C=O) groups is 2. The van der Waals surface area contributed by atoms with Crippen LogP contribution in [0.15, 0.2) is 33.5 Å². The van der Waals surface area contributed by atoms with Crippen LogP contribution in [0.5, 0.6) is 0 Å². The Labute approximate surface area is 186 Å². The first kappa shape index (κ1) is 21.6. The lowest BCUT2D eigenvalue weighted by molar-refractivity contribution is -0.116. The smallest absolute Gasteiger partial charge is 0.264 e. The number of amides is 2. The SMILES string of the molecule is CC(=O)N(c1nc(/C=C2\SC(=NC3CCCCC3)NC2=O)cs1)c1ccc(F)cc1F. The maximum absolute atomic E-state index is 14.2. The second kappa shape index (κ2) is 9.27. The predicted octanol–water partition coefficient (Wildman–Crippen LogP) is 5.00. The van der Waals surface area contributed by atoms with Crippen LogP contribution >= 0.6 is 23.1 Å². The Morgan fingerprint density at radius 2 is 2.06 bits per heavy atom. The van der Waals surface area contributed by atoms with E-state index in [0.29, 0.717) is 21.8 Å². The van der Waals surface area contributed by atoms with Crippen LogP contribution in [0.4, 0.5) is 19.6 Å². The minimum Gasteiger partial charge on any atom is -0.301 e. The number of anilines is 2. The van der Waals surface area contributed by atoms with Gasteiger partial charge in [0.1, 0.15) is 11.6 Å². The normalized spacial score (nSPS) is 19.8. The molecule has 1 saturated heterocycles. The third-order valence-corrected chi connectivity index (χ3v) is 6.74. The summed E-state index contributed by atoms with van der Waals surface area (Å²) in [5.41, 5.74) is 0.377. The van der Waals surface area contributed by atoms with Gasteiger partial charge in [-0.3, -0.25) is 19.5 Å². The predicted molar refractivity (Wildman–Crippen MR) is 119 cm³/mol. The average molecular weight is 463 g/mol. The highest BCUT2D eigenvalue weighted by atomic mass is 32.2. The number of hydrogen-bond donors (Lipinski definition) is 1. The van der Waals surface area contributed by atoms with Gasteiger partial charge in [0.15, 0.2) is 10.3 Å². The number of halogens is 2. The van der Waals surface area contributed by atoms with Crippen molar-refractivity contribution in [1.82, 2.24) is 10.3 Å². The molecular weight excluding hydrogens is 442 g/mol. The number of aromatic nitrogens is 1. The molecule has 1 aromatic heterocycles. The second-order valence-corrected chi connectivity index (χ2v) is 9.16. The number of benzene rings is 1. The zero-order valence-corrected chi connectivity index (χ0v) is 18.4. The number of nitrogens with one attached hydrogen (secondary N) is 1. The van der Waals surface area contributed by atoms with Crippen molar-refractivity contribution >= 4 is 57.0 Å². The van der Waals surface area contributed by atoms with Crippen molar-refractivity contribution in [2.24, 2.45) is 4.99 Å². The summed E-state index contributed by atoms with van der Waals surface area (Å²) in [6, 6.07) is 3.24. The third kappa shape index (κ3) is 5.01.